The van der Waals surface area contributed by atoms with Crippen molar-refractivity contribution in [3.8, 4) is 0 Å². The molecular weight excluding hydrogens is 439 g/mol. The number of rotatable bonds is 14. The molecule has 0 saturated carbocycles. The SMILES string of the molecule is CCNC(=NCC(CCO)CC(C)C)NC(C)CCCN(CC)CC.I. The van der Waals surface area contributed by atoms with Crippen molar-refractivity contribution in [1.82, 2.24) is 15.5 Å². The lowest BCUT2D eigenvalue weighted by Gasteiger charge is -2.22. The summed E-state index contributed by atoms with van der Waals surface area (Å²) in [6.07, 6.45) is 4.30. The molecule has 0 aromatic carbocycles. The van der Waals surface area contributed by atoms with Gasteiger partial charge < -0.3 is 20.6 Å². The number of halogens is 1. The normalized spacial score (nSPS) is 14.3. The van der Waals surface area contributed by atoms with E-state index >= 15 is 0 Å². The number of hydrogen-bond donors (Lipinski definition) is 3. The van der Waals surface area contributed by atoms with Crippen LogP contribution in [0.3, 0.4) is 0 Å². The van der Waals surface area contributed by atoms with E-state index in [0.717, 1.165) is 51.4 Å². The summed E-state index contributed by atoms with van der Waals surface area (Å²) >= 11 is 0. The first-order chi connectivity index (χ1) is 12.0. The van der Waals surface area contributed by atoms with Crippen LogP contribution < -0.4 is 10.6 Å². The molecule has 0 aromatic rings. The minimum absolute atomic E-state index is 0. The Morgan fingerprint density at radius 2 is 1.73 bits per heavy atom. The maximum absolute atomic E-state index is 9.26. The van der Waals surface area contributed by atoms with Crippen LogP contribution in [0.5, 0.6) is 0 Å². The second-order valence-electron chi connectivity index (χ2n) is 7.44. The van der Waals surface area contributed by atoms with Crippen molar-refractivity contribution in [2.45, 2.75) is 73.3 Å². The van der Waals surface area contributed by atoms with Crippen LogP contribution in [0.1, 0.15) is 67.2 Å². The summed E-state index contributed by atoms with van der Waals surface area (Å²) in [6, 6.07) is 0.412. The monoisotopic (exact) mass is 484 g/mol. The van der Waals surface area contributed by atoms with Crippen LogP contribution in [0.15, 0.2) is 4.99 Å². The predicted octanol–water partition coefficient (Wildman–Crippen LogP) is 3.71. The van der Waals surface area contributed by atoms with Gasteiger partial charge in [0.1, 0.15) is 0 Å². The average Bonchev–Trinajstić information content (AvgIpc) is 2.56. The summed E-state index contributed by atoms with van der Waals surface area (Å²) in [5.41, 5.74) is 0. The molecule has 2 atom stereocenters. The summed E-state index contributed by atoms with van der Waals surface area (Å²) in [5.74, 6) is 2.00. The zero-order chi connectivity index (χ0) is 19.1. The maximum atomic E-state index is 9.26. The Hall–Kier alpha value is -0.0800. The predicted molar refractivity (Wildman–Crippen MR) is 126 cm³/mol. The van der Waals surface area contributed by atoms with Crippen LogP contribution in [-0.4, -0.2) is 61.3 Å². The number of hydrogen-bond acceptors (Lipinski definition) is 3. The topological polar surface area (TPSA) is 59.9 Å². The molecule has 0 bridgehead atoms. The average molecular weight is 485 g/mol. The lowest BCUT2D eigenvalue weighted by atomic mass is 9.94. The number of guanidine groups is 1. The Kier molecular flexibility index (Phi) is 19.8. The molecule has 0 amide bonds. The molecule has 0 aliphatic rings. The first kappa shape index (κ1) is 28.1. The van der Waals surface area contributed by atoms with E-state index in [-0.39, 0.29) is 30.6 Å². The van der Waals surface area contributed by atoms with E-state index in [9.17, 15) is 5.11 Å². The Balaban J connectivity index is 0. The van der Waals surface area contributed by atoms with Gasteiger partial charge in [0.25, 0.3) is 0 Å². The van der Waals surface area contributed by atoms with Crippen molar-refractivity contribution in [2.24, 2.45) is 16.8 Å². The molecule has 0 heterocycles. The molecule has 0 saturated heterocycles. The minimum atomic E-state index is 0. The van der Waals surface area contributed by atoms with Crippen LogP contribution >= 0.6 is 24.0 Å². The fourth-order valence-corrected chi connectivity index (χ4v) is 3.14. The Morgan fingerprint density at radius 1 is 1.08 bits per heavy atom. The lowest BCUT2D eigenvalue weighted by molar-refractivity contribution is 0.245. The highest BCUT2D eigenvalue weighted by Gasteiger charge is 2.12. The molecule has 0 spiro atoms. The van der Waals surface area contributed by atoms with Crippen molar-refractivity contribution in [2.75, 3.05) is 39.3 Å². The van der Waals surface area contributed by atoms with Gasteiger partial charge in [0.05, 0.1) is 0 Å². The van der Waals surface area contributed by atoms with Gasteiger partial charge in [-0.2, -0.15) is 0 Å². The number of aliphatic imine (C=N–C) groups is 1. The zero-order valence-corrected chi connectivity index (χ0v) is 20.4. The van der Waals surface area contributed by atoms with E-state index in [2.05, 4.69) is 57.1 Å². The zero-order valence-electron chi connectivity index (χ0n) is 18.1. The maximum Gasteiger partial charge on any atom is 0.191 e. The van der Waals surface area contributed by atoms with Crippen molar-refractivity contribution in [3.05, 3.63) is 0 Å². The highest BCUT2D eigenvalue weighted by atomic mass is 127. The first-order valence-electron chi connectivity index (χ1n) is 10.3. The summed E-state index contributed by atoms with van der Waals surface area (Å²) in [6.45, 7) is 18.6. The van der Waals surface area contributed by atoms with E-state index in [4.69, 9.17) is 4.99 Å². The highest BCUT2D eigenvalue weighted by molar-refractivity contribution is 14.0. The van der Waals surface area contributed by atoms with Crippen molar-refractivity contribution < 1.29 is 5.11 Å². The van der Waals surface area contributed by atoms with Gasteiger partial charge in [-0.1, -0.05) is 27.7 Å². The van der Waals surface area contributed by atoms with Crippen molar-refractivity contribution in [1.29, 1.82) is 0 Å². The Labute approximate surface area is 179 Å². The van der Waals surface area contributed by atoms with Crippen molar-refractivity contribution >= 4 is 29.9 Å². The second-order valence-corrected chi connectivity index (χ2v) is 7.44. The van der Waals surface area contributed by atoms with Gasteiger partial charge in [0, 0.05) is 25.7 Å². The van der Waals surface area contributed by atoms with Gasteiger partial charge in [0.2, 0.25) is 0 Å². The molecule has 0 aliphatic carbocycles. The number of aliphatic hydroxyl groups excluding tert-OH is 1. The van der Waals surface area contributed by atoms with E-state index in [1.54, 1.807) is 0 Å². The number of nitrogens with one attached hydrogen (secondary N) is 2. The van der Waals surface area contributed by atoms with Gasteiger partial charge in [-0.25, -0.2) is 0 Å². The largest absolute Gasteiger partial charge is 0.396 e. The molecule has 3 N–H and O–H groups in total. The van der Waals surface area contributed by atoms with E-state index in [0.29, 0.717) is 17.9 Å². The van der Waals surface area contributed by atoms with Crippen LogP contribution in [0.25, 0.3) is 0 Å². The third-order valence-electron chi connectivity index (χ3n) is 4.58. The van der Waals surface area contributed by atoms with Crippen molar-refractivity contribution in [3.63, 3.8) is 0 Å². The molecule has 0 rings (SSSR count). The third kappa shape index (κ3) is 15.0. The fraction of sp³-hybridized carbons (Fsp3) is 0.950. The first-order valence-corrected chi connectivity index (χ1v) is 10.3. The second kappa shape index (κ2) is 18.3. The van der Waals surface area contributed by atoms with Gasteiger partial charge in [0.15, 0.2) is 5.96 Å². The molecular formula is C20H45IN4O. The van der Waals surface area contributed by atoms with Crippen LogP contribution in [-0.2, 0) is 0 Å². The summed E-state index contributed by atoms with van der Waals surface area (Å²) in [7, 11) is 0. The van der Waals surface area contributed by atoms with Gasteiger partial charge in [-0.05, 0) is 71.0 Å². The molecule has 6 heteroatoms. The smallest absolute Gasteiger partial charge is 0.191 e. The summed E-state index contributed by atoms with van der Waals surface area (Å²) in [5, 5.41) is 16.2. The van der Waals surface area contributed by atoms with Crippen LogP contribution in [0.4, 0.5) is 0 Å². The quantitative estimate of drug-likeness (QED) is 0.200. The highest BCUT2D eigenvalue weighted by Crippen LogP contribution is 2.15. The van der Waals surface area contributed by atoms with E-state index in [1.165, 1.54) is 13.0 Å². The van der Waals surface area contributed by atoms with E-state index < -0.39 is 0 Å². The Bertz CT molecular complexity index is 336. The summed E-state index contributed by atoms with van der Waals surface area (Å²) in [4.78, 5) is 7.24. The number of nitrogens with zero attached hydrogens (tertiary/aromatic N) is 2. The van der Waals surface area contributed by atoms with Crippen LogP contribution in [0, 0.1) is 11.8 Å². The molecule has 0 aliphatic heterocycles. The van der Waals surface area contributed by atoms with Crippen LogP contribution in [0.2, 0.25) is 0 Å². The molecule has 0 fully saturated rings. The Morgan fingerprint density at radius 3 is 2.23 bits per heavy atom. The van der Waals surface area contributed by atoms with Gasteiger partial charge in [-0.15, -0.1) is 24.0 Å². The number of aliphatic hydroxyl groups is 1. The lowest BCUT2D eigenvalue weighted by Crippen LogP contribution is -2.42. The van der Waals surface area contributed by atoms with Gasteiger partial charge in [-0.3, -0.25) is 4.99 Å². The molecule has 2 unspecified atom stereocenters. The molecule has 158 valence electrons. The molecule has 26 heavy (non-hydrogen) atoms. The molecule has 0 radical (unpaired) electrons. The third-order valence-corrected chi connectivity index (χ3v) is 4.58. The standard InChI is InChI=1S/C20H44N4O.HI/c1-7-21-20(22-16-19(12-14-25)15-17(4)5)23-18(6)11-10-13-24(8-2)9-3;/h17-19,25H,7-16H2,1-6H3,(H2,21,22,23);1H. The van der Waals surface area contributed by atoms with E-state index in [1.807, 2.05) is 0 Å². The molecule has 0 aromatic heterocycles. The summed E-state index contributed by atoms with van der Waals surface area (Å²) < 4.78 is 0. The van der Waals surface area contributed by atoms with Gasteiger partial charge >= 0.3 is 0 Å². The fourth-order valence-electron chi connectivity index (χ4n) is 3.14. The molecule has 5 nitrogen and oxygen atoms in total. The minimum Gasteiger partial charge on any atom is -0.396 e.